The Hall–Kier alpha value is -11.7. The quantitative estimate of drug-likeness (QED) is 0.102. The van der Waals surface area contributed by atoms with Crippen molar-refractivity contribution in [1.82, 2.24) is 20.0 Å². The number of amides is 1. The van der Waals surface area contributed by atoms with Crippen LogP contribution < -0.4 is 25.0 Å². The molecule has 6 aliphatic heterocycles. The minimum absolute atomic E-state index is 0.151. The second kappa shape index (κ2) is 28.7. The average Bonchev–Trinajstić information content (AvgIpc) is 3.92. The molecule has 0 saturated carbocycles. The Bertz CT molecular complexity index is 3690. The Morgan fingerprint density at radius 1 is 0.482 bits per heavy atom. The summed E-state index contributed by atoms with van der Waals surface area (Å²) in [5.41, 5.74) is 10.5. The van der Waals surface area contributed by atoms with Gasteiger partial charge in [-0.1, -0.05) is 107 Å². The summed E-state index contributed by atoms with van der Waals surface area (Å²) >= 11 is 0. The van der Waals surface area contributed by atoms with Crippen LogP contribution in [-0.4, -0.2) is 102 Å². The number of hydrazone groups is 6. The monoisotopic (exact) mass is 1130 g/mol. The van der Waals surface area contributed by atoms with Gasteiger partial charge in [-0.25, -0.2) is 35.0 Å². The van der Waals surface area contributed by atoms with Gasteiger partial charge in [0.25, 0.3) is 5.95 Å². The topological polar surface area (TPSA) is 305 Å². The number of carbonyl (C=O) groups is 1. The highest BCUT2D eigenvalue weighted by Crippen LogP contribution is 2.26. The minimum Gasteiger partial charge on any atom is -0.283 e. The maximum atomic E-state index is 11.1. The van der Waals surface area contributed by atoms with Gasteiger partial charge < -0.3 is 0 Å². The Balaban J connectivity index is 0.000000164. The summed E-state index contributed by atoms with van der Waals surface area (Å²) in [4.78, 5) is 27.3. The Kier molecular flexibility index (Phi) is 21.1. The van der Waals surface area contributed by atoms with Crippen molar-refractivity contribution < 1.29 is 4.79 Å². The number of rotatable bonds is 7. The molecule has 0 saturated heterocycles. The van der Waals surface area contributed by atoms with Crippen molar-refractivity contribution in [2.45, 2.75) is 54.9 Å². The molecule has 11 rings (SSSR count). The number of aliphatic imine (C=N–C) groups is 1. The average molecular weight is 1130 g/mol. The molecule has 23 heteroatoms. The second-order valence-corrected chi connectivity index (χ2v) is 18.3. The van der Waals surface area contributed by atoms with Crippen LogP contribution in [0.25, 0.3) is 0 Å². The van der Waals surface area contributed by atoms with E-state index >= 15 is 0 Å². The number of likely N-dealkylation sites (N-methyl/N-ethyl adjacent to an activating group) is 1. The van der Waals surface area contributed by atoms with Gasteiger partial charge in [-0.15, -0.1) is 0 Å². The van der Waals surface area contributed by atoms with Crippen LogP contribution >= 0.6 is 0 Å². The highest BCUT2D eigenvalue weighted by Gasteiger charge is 2.29. The zero-order valence-corrected chi connectivity index (χ0v) is 48.4. The lowest BCUT2D eigenvalue weighted by molar-refractivity contribution is -0.115. The van der Waals surface area contributed by atoms with Crippen LogP contribution in [0.4, 0.5) is 28.8 Å². The molecule has 5 aromatic rings. The fourth-order valence-electron chi connectivity index (χ4n) is 7.55. The third-order valence-electron chi connectivity index (χ3n) is 12.4. The van der Waals surface area contributed by atoms with E-state index in [-0.39, 0.29) is 23.3 Å². The summed E-state index contributed by atoms with van der Waals surface area (Å²) in [6, 6.07) is 37.6. The third-order valence-corrected chi connectivity index (χ3v) is 12.4. The van der Waals surface area contributed by atoms with Gasteiger partial charge >= 0.3 is 0 Å². The van der Waals surface area contributed by atoms with Gasteiger partial charge in [0.15, 0.2) is 40.7 Å². The zero-order chi connectivity index (χ0) is 62.1. The predicted molar refractivity (Wildman–Crippen MR) is 345 cm³/mol. The van der Waals surface area contributed by atoms with Crippen molar-refractivity contribution in [3.8, 4) is 6.07 Å². The van der Waals surface area contributed by atoms with E-state index in [9.17, 15) is 4.79 Å². The molecule has 0 unspecified atom stereocenters. The highest BCUT2D eigenvalue weighted by atomic mass is 16.1. The molecule has 1 amide bonds. The molecule has 0 spiro atoms. The number of pyridine rings is 1. The number of hydrogen-bond donors (Lipinski definition) is 5. The number of hydrogen-bond acceptors (Lipinski definition) is 16. The summed E-state index contributed by atoms with van der Waals surface area (Å²) in [6.45, 7) is 36.1. The van der Waals surface area contributed by atoms with Gasteiger partial charge in [0.1, 0.15) is 11.9 Å². The van der Waals surface area contributed by atoms with Gasteiger partial charge in [-0.2, -0.15) is 50.9 Å². The summed E-state index contributed by atoms with van der Waals surface area (Å²) in [5.74, 6) is 2.78. The molecule has 0 radical (unpaired) electrons. The summed E-state index contributed by atoms with van der Waals surface area (Å²) in [7, 11) is 0. The number of benzene rings is 3. The fourth-order valence-corrected chi connectivity index (χ4v) is 7.55. The van der Waals surface area contributed by atoms with Crippen molar-refractivity contribution >= 4 is 104 Å². The normalized spacial score (nSPS) is 16.4. The Labute approximate surface area is 494 Å². The molecule has 0 bridgehead atoms. The lowest BCUT2D eigenvalue weighted by atomic mass is 10.1. The Morgan fingerprint density at radius 2 is 0.906 bits per heavy atom. The van der Waals surface area contributed by atoms with Crippen molar-refractivity contribution in [3.05, 3.63) is 207 Å². The second-order valence-electron chi connectivity index (χ2n) is 18.3. The zero-order valence-electron chi connectivity index (χ0n) is 48.4. The molecule has 23 nitrogen and oxygen atoms in total. The number of nitriles is 1. The molecule has 0 atom stereocenters. The fraction of sp³-hybridized carbons (Fsp3) is 0.145. The number of aromatic nitrogens is 3. The summed E-state index contributed by atoms with van der Waals surface area (Å²) in [5, 5.41) is 81.6. The first-order valence-corrected chi connectivity index (χ1v) is 26.2. The van der Waals surface area contributed by atoms with E-state index in [1.54, 1.807) is 39.7 Å². The maximum absolute atomic E-state index is 11.1. The molecule has 428 valence electrons. The van der Waals surface area contributed by atoms with Crippen molar-refractivity contribution in [2.75, 3.05) is 31.6 Å². The first-order valence-electron chi connectivity index (χ1n) is 26.2. The number of nitrogens with zero attached hydrogens (tertiary/aromatic N) is 17. The number of carbonyl (C=O) groups excluding carboxylic acids is 1. The SMILES string of the molecule is C=C1C(=N)N(CC)N=C1C.C=C1C(=N)N(c2ccccc2)N=C1C.C=C1C(=N)N(c2ccccc2)N=C1C#N.C=C1C(=N)N(c2ccccn2)N=C1C.C=C1C(=N)N(c2ncccn2)N=C1CC.C=C1C(C)=NN(c2ccccc2)C1=NC(C)=O. The van der Waals surface area contributed by atoms with Crippen molar-refractivity contribution in [3.63, 3.8) is 0 Å². The lowest BCUT2D eigenvalue weighted by Gasteiger charge is -2.14. The van der Waals surface area contributed by atoms with Crippen molar-refractivity contribution in [2.24, 2.45) is 35.6 Å². The molecule has 3 aromatic carbocycles. The molecule has 8 heterocycles. The maximum Gasteiger partial charge on any atom is 0.252 e. The standard InChI is InChI=1S/C13H13N3O.C11H8N4.C11H11N3.C10H11N5.C10H10N4.C7H11N3/c1-9-10(2)15-16(13(9)14-11(3)17)12-7-5-4-6-8-12;1-8-10(7-12)14-15(11(8)13)9-5-3-2-4-6-9;1-8-9(2)13-14(11(8)12)10-6-4-3-5-7-10;1-3-8-7(2)9(11)15(14-8)10-12-5-4-6-13-10;1-7-8(2)13-14(10(7)11)9-5-3-4-6-12-9;1-4-10-7(8)5(2)6(3)9-10/h4-8H,1H2,2-3H3;2-6,13H,1H2;3-7,12H,1H2,2H3;4-6,11H,2-3H2,1H3;3-6,11H,1H2,2H3;8H,2,4H2,1,3H3. The van der Waals surface area contributed by atoms with Crippen LogP contribution in [0, 0.1) is 38.4 Å². The van der Waals surface area contributed by atoms with Crippen LogP contribution in [0.1, 0.15) is 54.9 Å². The first kappa shape index (κ1) is 62.5. The van der Waals surface area contributed by atoms with Crippen LogP contribution in [0.15, 0.2) is 242 Å². The summed E-state index contributed by atoms with van der Waals surface area (Å²) < 4.78 is 0. The van der Waals surface area contributed by atoms with E-state index < -0.39 is 0 Å². The molecular formula is C62H64N22O. The van der Waals surface area contributed by atoms with Gasteiger partial charge in [0, 0.05) is 65.5 Å². The lowest BCUT2D eigenvalue weighted by Crippen LogP contribution is -2.22. The van der Waals surface area contributed by atoms with Gasteiger partial charge in [0.2, 0.25) is 5.91 Å². The van der Waals surface area contributed by atoms with E-state index in [1.807, 2.05) is 157 Å². The molecular weight excluding hydrogens is 1070 g/mol. The molecule has 0 fully saturated rings. The Morgan fingerprint density at radius 3 is 1.31 bits per heavy atom. The van der Waals surface area contributed by atoms with Crippen LogP contribution in [0.2, 0.25) is 0 Å². The predicted octanol–water partition coefficient (Wildman–Crippen LogP) is 11.4. The number of anilines is 5. The van der Waals surface area contributed by atoms with Crippen LogP contribution in [0.3, 0.4) is 0 Å². The van der Waals surface area contributed by atoms with E-state index in [0.717, 1.165) is 64.2 Å². The van der Waals surface area contributed by atoms with Gasteiger partial charge in [-0.3, -0.25) is 31.8 Å². The summed E-state index contributed by atoms with van der Waals surface area (Å²) in [6.07, 6.45) is 5.68. The molecule has 0 aliphatic carbocycles. The minimum atomic E-state index is -0.257. The largest absolute Gasteiger partial charge is 0.283 e. The number of nitrogens with one attached hydrogen (secondary N) is 5. The molecule has 5 N–H and O–H groups in total. The van der Waals surface area contributed by atoms with E-state index in [2.05, 4.69) is 90.0 Å². The molecule has 2 aromatic heterocycles. The first-order chi connectivity index (χ1) is 40.6. The molecule has 85 heavy (non-hydrogen) atoms. The van der Waals surface area contributed by atoms with Crippen LogP contribution in [0.5, 0.6) is 0 Å². The molecule has 6 aliphatic rings. The number of amidine groups is 6. The van der Waals surface area contributed by atoms with Gasteiger partial charge in [0.05, 0.1) is 45.6 Å². The van der Waals surface area contributed by atoms with Crippen LogP contribution in [-0.2, 0) is 4.79 Å². The number of para-hydroxylation sites is 3. The third kappa shape index (κ3) is 15.0. The highest BCUT2D eigenvalue weighted by molar-refractivity contribution is 6.36. The van der Waals surface area contributed by atoms with E-state index in [0.29, 0.717) is 63.0 Å². The van der Waals surface area contributed by atoms with E-state index in [4.69, 9.17) is 32.3 Å². The smallest absolute Gasteiger partial charge is 0.252 e. The van der Waals surface area contributed by atoms with Crippen molar-refractivity contribution in [1.29, 1.82) is 32.3 Å². The van der Waals surface area contributed by atoms with E-state index in [1.165, 1.54) is 22.0 Å². The van der Waals surface area contributed by atoms with Gasteiger partial charge in [-0.05, 0) is 95.6 Å².